The molecule has 0 spiro atoms. The second-order valence-electron chi connectivity index (χ2n) is 7.55. The van der Waals surface area contributed by atoms with Gasteiger partial charge in [0.05, 0.1) is 5.92 Å². The van der Waals surface area contributed by atoms with Crippen molar-refractivity contribution in [3.05, 3.63) is 59.2 Å². The van der Waals surface area contributed by atoms with Gasteiger partial charge in [0, 0.05) is 29.9 Å². The summed E-state index contributed by atoms with van der Waals surface area (Å²) in [5.41, 5.74) is 7.59. The van der Waals surface area contributed by atoms with Crippen LogP contribution in [0.4, 0.5) is 5.69 Å². The first-order valence-corrected chi connectivity index (χ1v) is 11.1. The summed E-state index contributed by atoms with van der Waals surface area (Å²) in [5, 5.41) is 2.89. The number of nitrogens with one attached hydrogen (secondary N) is 1. The van der Waals surface area contributed by atoms with Crippen LogP contribution < -0.4 is 11.1 Å². The Morgan fingerprint density at radius 3 is 2.70 bits per heavy atom. The monoisotopic (exact) mass is 426 g/mol. The van der Waals surface area contributed by atoms with E-state index < -0.39 is 15.9 Å². The number of fused-ring (bicyclic) bond motifs is 1. The van der Waals surface area contributed by atoms with Crippen LogP contribution in [-0.2, 0) is 14.8 Å². The number of aryl methyl sites for hydroxylation is 1. The van der Waals surface area contributed by atoms with Crippen molar-refractivity contribution in [3.63, 3.8) is 0 Å². The molecular weight excluding hydrogens is 404 g/mol. The number of benzene rings is 2. The molecule has 1 saturated heterocycles. The van der Waals surface area contributed by atoms with Gasteiger partial charge in [-0.25, -0.2) is 0 Å². The molecule has 1 unspecified atom stereocenters. The van der Waals surface area contributed by atoms with Gasteiger partial charge in [-0.05, 0) is 55.7 Å². The molecule has 9 heteroatoms. The average Bonchev–Trinajstić information content (AvgIpc) is 2.99. The predicted octanol–water partition coefficient (Wildman–Crippen LogP) is 1.89. The maximum Gasteiger partial charge on any atom is 0.285 e. The van der Waals surface area contributed by atoms with Crippen molar-refractivity contribution < 1.29 is 18.0 Å². The van der Waals surface area contributed by atoms with Crippen LogP contribution in [0.25, 0.3) is 0 Å². The zero-order chi connectivity index (χ0) is 21.5. The number of nitrogens with two attached hydrogens (primary N) is 1. The van der Waals surface area contributed by atoms with Crippen LogP contribution in [0.1, 0.15) is 34.3 Å². The molecule has 2 aromatic rings. The molecule has 0 bridgehead atoms. The van der Waals surface area contributed by atoms with Crippen LogP contribution in [0.15, 0.2) is 51.8 Å². The Balaban J connectivity index is 1.50. The molecule has 2 aliphatic rings. The van der Waals surface area contributed by atoms with Crippen molar-refractivity contribution in [2.75, 3.05) is 18.4 Å². The number of likely N-dealkylation sites (tertiary alicyclic amines) is 1. The van der Waals surface area contributed by atoms with Crippen molar-refractivity contribution in [2.45, 2.75) is 24.7 Å². The summed E-state index contributed by atoms with van der Waals surface area (Å²) < 4.78 is 28.7. The largest absolute Gasteiger partial charge is 0.366 e. The molecule has 2 aliphatic heterocycles. The van der Waals surface area contributed by atoms with Crippen molar-refractivity contribution in [1.82, 2.24) is 4.90 Å². The minimum absolute atomic E-state index is 0.152. The van der Waals surface area contributed by atoms with Crippen LogP contribution in [0, 0.1) is 12.8 Å². The van der Waals surface area contributed by atoms with Crippen molar-refractivity contribution in [1.29, 1.82) is 0 Å². The number of hydrogen-bond donors (Lipinski definition) is 2. The van der Waals surface area contributed by atoms with E-state index in [-0.39, 0.29) is 16.7 Å². The number of amidine groups is 1. The van der Waals surface area contributed by atoms with Gasteiger partial charge in [-0.1, -0.05) is 12.1 Å². The van der Waals surface area contributed by atoms with E-state index in [9.17, 15) is 18.0 Å². The maximum atomic E-state index is 12.8. The molecule has 3 N–H and O–H groups in total. The van der Waals surface area contributed by atoms with Crippen molar-refractivity contribution in [2.24, 2.45) is 16.0 Å². The van der Waals surface area contributed by atoms with Gasteiger partial charge in [-0.15, -0.1) is 4.40 Å². The van der Waals surface area contributed by atoms with Gasteiger partial charge in [-0.2, -0.15) is 8.42 Å². The van der Waals surface area contributed by atoms with E-state index in [0.717, 1.165) is 6.42 Å². The third-order valence-corrected chi connectivity index (χ3v) is 6.79. The molecular formula is C21H22N4O4S. The number of carbonyl (C=O) groups excluding carboxylic acids is 2. The molecule has 0 saturated carbocycles. The van der Waals surface area contributed by atoms with Crippen molar-refractivity contribution in [3.8, 4) is 0 Å². The highest BCUT2D eigenvalue weighted by atomic mass is 32.2. The summed E-state index contributed by atoms with van der Waals surface area (Å²) in [6, 6.07) is 11.7. The summed E-state index contributed by atoms with van der Waals surface area (Å²) in [7, 11) is -3.70. The molecule has 30 heavy (non-hydrogen) atoms. The average molecular weight is 426 g/mol. The van der Waals surface area contributed by atoms with E-state index in [1.165, 1.54) is 0 Å². The first-order valence-electron chi connectivity index (χ1n) is 9.67. The highest BCUT2D eigenvalue weighted by Crippen LogP contribution is 2.30. The van der Waals surface area contributed by atoms with Crippen molar-refractivity contribution >= 4 is 33.4 Å². The molecule has 0 aromatic heterocycles. The van der Waals surface area contributed by atoms with Gasteiger partial charge < -0.3 is 16.0 Å². The highest BCUT2D eigenvalue weighted by Gasteiger charge is 2.35. The second-order valence-corrected chi connectivity index (χ2v) is 9.13. The van der Waals surface area contributed by atoms with Gasteiger partial charge in [0.25, 0.3) is 10.0 Å². The molecule has 0 radical (unpaired) electrons. The Bertz CT molecular complexity index is 1170. The third-order valence-electron chi connectivity index (χ3n) is 5.46. The summed E-state index contributed by atoms with van der Waals surface area (Å²) >= 11 is 0. The Kier molecular flexibility index (Phi) is 5.07. The van der Waals surface area contributed by atoms with Crippen LogP contribution in [-0.4, -0.2) is 44.1 Å². The molecule has 2 amide bonds. The van der Waals surface area contributed by atoms with E-state index >= 15 is 0 Å². The molecule has 2 aromatic carbocycles. The van der Waals surface area contributed by atoms with E-state index in [4.69, 9.17) is 5.73 Å². The fraction of sp³-hybridized carbons (Fsp3) is 0.286. The summed E-state index contributed by atoms with van der Waals surface area (Å²) in [6.45, 7) is 2.78. The Morgan fingerprint density at radius 1 is 1.20 bits per heavy atom. The fourth-order valence-corrected chi connectivity index (χ4v) is 5.19. The SMILES string of the molecule is Cc1cc(NC(=O)C2CCCN(C3=NS(=O)(=O)c4ccccc43)C2)ccc1C(N)=O. The van der Waals surface area contributed by atoms with Gasteiger partial charge in [0.1, 0.15) is 4.90 Å². The van der Waals surface area contributed by atoms with Crippen LogP contribution in [0.5, 0.6) is 0 Å². The molecule has 2 heterocycles. The lowest BCUT2D eigenvalue weighted by atomic mass is 9.96. The normalized spacial score (nSPS) is 19.7. The van der Waals surface area contributed by atoms with E-state index in [1.807, 2.05) is 4.90 Å². The second kappa shape index (κ2) is 7.56. The lowest BCUT2D eigenvalue weighted by Gasteiger charge is -2.33. The highest BCUT2D eigenvalue weighted by molar-refractivity contribution is 7.90. The van der Waals surface area contributed by atoms with Gasteiger partial charge in [0.15, 0.2) is 5.84 Å². The third kappa shape index (κ3) is 3.68. The number of piperidine rings is 1. The first-order chi connectivity index (χ1) is 14.3. The number of anilines is 1. The number of rotatable bonds is 3. The van der Waals surface area contributed by atoms with E-state index in [2.05, 4.69) is 9.71 Å². The number of primary amides is 1. The molecule has 4 rings (SSSR count). The quantitative estimate of drug-likeness (QED) is 0.776. The zero-order valence-corrected chi connectivity index (χ0v) is 17.3. The lowest BCUT2D eigenvalue weighted by Crippen LogP contribution is -2.43. The minimum Gasteiger partial charge on any atom is -0.366 e. The number of amides is 2. The topological polar surface area (TPSA) is 122 Å². The zero-order valence-electron chi connectivity index (χ0n) is 16.5. The molecule has 8 nitrogen and oxygen atoms in total. The lowest BCUT2D eigenvalue weighted by molar-refractivity contribution is -0.121. The Morgan fingerprint density at radius 2 is 1.97 bits per heavy atom. The smallest absolute Gasteiger partial charge is 0.285 e. The summed E-state index contributed by atoms with van der Waals surface area (Å²) in [6.07, 6.45) is 1.45. The van der Waals surface area contributed by atoms with Crippen LogP contribution >= 0.6 is 0 Å². The van der Waals surface area contributed by atoms with Gasteiger partial charge in [-0.3, -0.25) is 9.59 Å². The van der Waals surface area contributed by atoms with E-state index in [1.54, 1.807) is 49.4 Å². The number of carbonyl (C=O) groups is 2. The standard InChI is InChI=1S/C21H22N4O4S/c1-13-11-15(8-9-16(13)19(22)26)23-21(27)14-5-4-10-25(12-14)20-17-6-2-3-7-18(17)30(28,29)24-20/h2-3,6-9,11,14H,4-5,10,12H2,1H3,(H2,22,26)(H,23,27). The summed E-state index contributed by atoms with van der Waals surface area (Å²) in [5.74, 6) is -0.570. The maximum absolute atomic E-state index is 12.8. The minimum atomic E-state index is -3.70. The number of nitrogens with zero attached hydrogens (tertiary/aromatic N) is 2. The number of hydrogen-bond acceptors (Lipinski definition) is 5. The molecule has 0 aliphatic carbocycles. The van der Waals surface area contributed by atoms with Gasteiger partial charge in [0.2, 0.25) is 11.8 Å². The molecule has 156 valence electrons. The fourth-order valence-electron chi connectivity index (χ4n) is 3.96. The first kappa shape index (κ1) is 20.1. The predicted molar refractivity (Wildman–Crippen MR) is 113 cm³/mol. The van der Waals surface area contributed by atoms with E-state index in [0.29, 0.717) is 47.7 Å². The Labute approximate surface area is 174 Å². The molecule has 1 fully saturated rings. The van der Waals surface area contributed by atoms with Crippen LogP contribution in [0.2, 0.25) is 0 Å². The number of sulfonamides is 1. The summed E-state index contributed by atoms with van der Waals surface area (Å²) in [4.78, 5) is 26.3. The molecule has 1 atom stereocenters. The Hall–Kier alpha value is -3.20. The van der Waals surface area contributed by atoms with Crippen LogP contribution in [0.3, 0.4) is 0 Å². The van der Waals surface area contributed by atoms with Gasteiger partial charge >= 0.3 is 0 Å².